The van der Waals surface area contributed by atoms with Gasteiger partial charge in [0, 0.05) is 25.5 Å². The summed E-state index contributed by atoms with van der Waals surface area (Å²) in [6.45, 7) is 2.33. The second-order valence-electron chi connectivity index (χ2n) is 5.35. The van der Waals surface area contributed by atoms with E-state index in [2.05, 4.69) is 4.98 Å². The molecule has 0 N–H and O–H groups in total. The van der Waals surface area contributed by atoms with E-state index in [0.717, 1.165) is 5.56 Å². The molecule has 0 aliphatic carbocycles. The Morgan fingerprint density at radius 2 is 1.96 bits per heavy atom. The van der Waals surface area contributed by atoms with Gasteiger partial charge in [0.05, 0.1) is 5.75 Å². The Bertz CT molecular complexity index is 720. The second kappa shape index (κ2) is 8.17. The molecule has 0 bridgehead atoms. The van der Waals surface area contributed by atoms with Crippen LogP contribution in [0.15, 0.2) is 48.8 Å². The van der Waals surface area contributed by atoms with Crippen LogP contribution in [0.1, 0.15) is 24.5 Å². The van der Waals surface area contributed by atoms with Crippen molar-refractivity contribution in [3.05, 3.63) is 65.7 Å². The molecule has 1 aromatic carbocycles. The van der Waals surface area contributed by atoms with Crippen LogP contribution in [0.25, 0.3) is 0 Å². The summed E-state index contributed by atoms with van der Waals surface area (Å²) in [5, 5.41) is 0. The summed E-state index contributed by atoms with van der Waals surface area (Å²) in [4.78, 5) is 4.02. The highest BCUT2D eigenvalue weighted by Crippen LogP contribution is 2.14. The highest BCUT2D eigenvalue weighted by Gasteiger charge is 2.21. The van der Waals surface area contributed by atoms with Crippen LogP contribution in [0.2, 0.25) is 0 Å². The summed E-state index contributed by atoms with van der Waals surface area (Å²) < 4.78 is 40.1. The molecule has 0 atom stereocenters. The summed E-state index contributed by atoms with van der Waals surface area (Å²) in [5.74, 6) is -0.216. The van der Waals surface area contributed by atoms with Crippen LogP contribution in [0.4, 0.5) is 4.39 Å². The minimum Gasteiger partial charge on any atom is -0.264 e. The molecule has 2 rings (SSSR count). The van der Waals surface area contributed by atoms with Gasteiger partial charge in [-0.15, -0.1) is 0 Å². The fourth-order valence-corrected chi connectivity index (χ4v) is 3.83. The maximum atomic E-state index is 13.7. The Balaban J connectivity index is 2.15. The van der Waals surface area contributed by atoms with Gasteiger partial charge >= 0.3 is 0 Å². The van der Waals surface area contributed by atoms with Crippen LogP contribution >= 0.6 is 0 Å². The number of hydrogen-bond donors (Lipinski definition) is 0. The van der Waals surface area contributed by atoms with Gasteiger partial charge in [-0.3, -0.25) is 4.98 Å². The number of benzene rings is 1. The molecule has 0 saturated heterocycles. The van der Waals surface area contributed by atoms with Gasteiger partial charge in [-0.1, -0.05) is 31.2 Å². The summed E-state index contributed by atoms with van der Waals surface area (Å²) >= 11 is 0. The summed E-state index contributed by atoms with van der Waals surface area (Å²) in [6.07, 6.45) is 4.19. The Labute approximate surface area is 137 Å². The predicted octanol–water partition coefficient (Wildman–Crippen LogP) is 3.01. The van der Waals surface area contributed by atoms with Crippen LogP contribution in [0.5, 0.6) is 0 Å². The molecule has 0 spiro atoms. The van der Waals surface area contributed by atoms with Crippen molar-refractivity contribution < 1.29 is 12.8 Å². The molecule has 4 nitrogen and oxygen atoms in total. The molecule has 2 aromatic rings. The van der Waals surface area contributed by atoms with Crippen molar-refractivity contribution in [1.29, 1.82) is 0 Å². The fourth-order valence-electron chi connectivity index (χ4n) is 2.35. The Morgan fingerprint density at radius 1 is 1.17 bits per heavy atom. The molecule has 0 fully saturated rings. The standard InChI is InChI=1S/C17H21FN2O2S/c1-2-12-23(21,22)20(14-15-6-5-10-19-13-15)11-9-16-7-3-4-8-17(16)18/h3-8,10,13H,2,9,11-12,14H2,1H3. The van der Waals surface area contributed by atoms with Crippen LogP contribution in [-0.2, 0) is 23.0 Å². The Kier molecular flexibility index (Phi) is 6.24. The number of rotatable bonds is 8. The van der Waals surface area contributed by atoms with Crippen molar-refractivity contribution in [3.8, 4) is 0 Å². The molecule has 23 heavy (non-hydrogen) atoms. The van der Waals surface area contributed by atoms with Crippen molar-refractivity contribution in [2.45, 2.75) is 26.3 Å². The largest absolute Gasteiger partial charge is 0.264 e. The molecule has 0 saturated carbocycles. The van der Waals surface area contributed by atoms with Crippen LogP contribution in [0, 0.1) is 5.82 Å². The van der Waals surface area contributed by atoms with Gasteiger partial charge in [0.1, 0.15) is 5.82 Å². The van der Waals surface area contributed by atoms with Gasteiger partial charge in [0.25, 0.3) is 0 Å². The van der Waals surface area contributed by atoms with E-state index in [1.165, 1.54) is 10.4 Å². The van der Waals surface area contributed by atoms with E-state index < -0.39 is 10.0 Å². The van der Waals surface area contributed by atoms with Gasteiger partial charge in [-0.25, -0.2) is 12.8 Å². The average molecular weight is 336 g/mol. The van der Waals surface area contributed by atoms with Crippen LogP contribution in [0.3, 0.4) is 0 Å². The fraction of sp³-hybridized carbons (Fsp3) is 0.353. The third kappa shape index (κ3) is 5.11. The number of sulfonamides is 1. The van der Waals surface area contributed by atoms with Crippen molar-refractivity contribution >= 4 is 10.0 Å². The lowest BCUT2D eigenvalue weighted by Gasteiger charge is -2.22. The second-order valence-corrected chi connectivity index (χ2v) is 7.44. The van der Waals surface area contributed by atoms with E-state index in [1.807, 2.05) is 13.0 Å². The highest BCUT2D eigenvalue weighted by atomic mass is 32.2. The molecule has 0 amide bonds. The van der Waals surface area contributed by atoms with Crippen molar-refractivity contribution in [2.24, 2.45) is 0 Å². The number of pyridine rings is 1. The number of hydrogen-bond acceptors (Lipinski definition) is 3. The van der Waals surface area contributed by atoms with Gasteiger partial charge in [0.15, 0.2) is 0 Å². The first kappa shape index (κ1) is 17.6. The van der Waals surface area contributed by atoms with Gasteiger partial charge in [0.2, 0.25) is 10.0 Å². The maximum Gasteiger partial charge on any atom is 0.214 e. The van der Waals surface area contributed by atoms with E-state index in [9.17, 15) is 12.8 Å². The topological polar surface area (TPSA) is 50.3 Å². The van der Waals surface area contributed by atoms with E-state index in [4.69, 9.17) is 0 Å². The molecule has 1 aromatic heterocycles. The van der Waals surface area contributed by atoms with E-state index in [-0.39, 0.29) is 24.7 Å². The SMILES string of the molecule is CCCS(=O)(=O)N(CCc1ccccc1F)Cc1cccnc1. The third-order valence-corrected chi connectivity index (χ3v) is 5.55. The first-order valence-corrected chi connectivity index (χ1v) is 9.24. The van der Waals surface area contributed by atoms with Crippen LogP contribution in [-0.4, -0.2) is 30.0 Å². The van der Waals surface area contributed by atoms with Crippen molar-refractivity contribution in [2.75, 3.05) is 12.3 Å². The van der Waals surface area contributed by atoms with E-state index >= 15 is 0 Å². The van der Waals surface area contributed by atoms with E-state index in [1.54, 1.807) is 36.7 Å². The van der Waals surface area contributed by atoms with Crippen LogP contribution < -0.4 is 0 Å². The summed E-state index contributed by atoms with van der Waals surface area (Å²) in [7, 11) is -3.37. The highest BCUT2D eigenvalue weighted by molar-refractivity contribution is 7.89. The van der Waals surface area contributed by atoms with Gasteiger partial charge < -0.3 is 0 Å². The summed E-state index contributed by atoms with van der Waals surface area (Å²) in [5.41, 5.74) is 1.34. The Morgan fingerprint density at radius 3 is 2.61 bits per heavy atom. The van der Waals surface area contributed by atoms with Gasteiger partial charge in [-0.05, 0) is 36.1 Å². The zero-order valence-electron chi connectivity index (χ0n) is 13.2. The van der Waals surface area contributed by atoms with Crippen molar-refractivity contribution in [3.63, 3.8) is 0 Å². The first-order chi connectivity index (χ1) is 11.0. The zero-order valence-corrected chi connectivity index (χ0v) is 14.0. The molecular formula is C17H21FN2O2S. The lowest BCUT2D eigenvalue weighted by Crippen LogP contribution is -2.34. The molecule has 0 aliphatic rings. The molecule has 0 radical (unpaired) electrons. The monoisotopic (exact) mass is 336 g/mol. The van der Waals surface area contributed by atoms with Gasteiger partial charge in [-0.2, -0.15) is 4.31 Å². The third-order valence-electron chi connectivity index (χ3n) is 3.53. The molecular weight excluding hydrogens is 315 g/mol. The molecule has 0 unspecified atom stereocenters. The predicted molar refractivity (Wildman–Crippen MR) is 88.8 cm³/mol. The smallest absolute Gasteiger partial charge is 0.214 e. The number of aromatic nitrogens is 1. The first-order valence-electron chi connectivity index (χ1n) is 7.63. The number of nitrogens with zero attached hydrogens (tertiary/aromatic N) is 2. The number of halogens is 1. The van der Waals surface area contributed by atoms with E-state index in [0.29, 0.717) is 18.4 Å². The molecule has 0 aliphatic heterocycles. The molecule has 6 heteroatoms. The Hall–Kier alpha value is -1.79. The quantitative estimate of drug-likeness (QED) is 0.744. The zero-order chi connectivity index (χ0) is 16.7. The minimum atomic E-state index is -3.37. The molecule has 1 heterocycles. The summed E-state index contributed by atoms with van der Waals surface area (Å²) in [6, 6.07) is 10.1. The normalized spacial score (nSPS) is 11.8. The van der Waals surface area contributed by atoms with Crippen molar-refractivity contribution in [1.82, 2.24) is 9.29 Å². The lowest BCUT2D eigenvalue weighted by molar-refractivity contribution is 0.406. The minimum absolute atomic E-state index is 0.0878. The average Bonchev–Trinajstić information content (AvgIpc) is 2.53. The lowest BCUT2D eigenvalue weighted by atomic mass is 10.1. The molecule has 124 valence electrons. The maximum absolute atomic E-state index is 13.7.